The van der Waals surface area contributed by atoms with Crippen LogP contribution in [0, 0.1) is 5.92 Å². The highest BCUT2D eigenvalue weighted by Crippen LogP contribution is 2.25. The molecule has 0 heterocycles. The van der Waals surface area contributed by atoms with Gasteiger partial charge in [0.05, 0.1) is 25.7 Å². The third kappa shape index (κ3) is 6.59. The first-order valence-electron chi connectivity index (χ1n) is 7.67. The summed E-state index contributed by atoms with van der Waals surface area (Å²) in [7, 11) is 1.54. The van der Waals surface area contributed by atoms with Crippen molar-refractivity contribution in [2.45, 2.75) is 39.7 Å². The maximum atomic E-state index is 12.3. The Morgan fingerprint density at radius 3 is 2.52 bits per heavy atom. The fraction of sp³-hybridized carbons (Fsp3) is 0.529. The second-order valence-corrected chi connectivity index (χ2v) is 5.87. The zero-order chi connectivity index (χ0) is 17.4. The molecule has 6 nitrogen and oxygen atoms in total. The number of carboxylic acid groups (broad SMARTS) is 1. The number of hydrogen-bond donors (Lipinski definition) is 2. The molecule has 128 valence electrons. The number of amides is 1. The van der Waals surface area contributed by atoms with Gasteiger partial charge in [-0.25, -0.2) is 0 Å². The van der Waals surface area contributed by atoms with E-state index in [9.17, 15) is 9.59 Å². The molecule has 0 aromatic heterocycles. The zero-order valence-corrected chi connectivity index (χ0v) is 14.1. The van der Waals surface area contributed by atoms with E-state index in [1.807, 2.05) is 0 Å². The van der Waals surface area contributed by atoms with Gasteiger partial charge in [0.2, 0.25) is 0 Å². The molecule has 1 amide bonds. The second kappa shape index (κ2) is 9.02. The van der Waals surface area contributed by atoms with Crippen molar-refractivity contribution >= 4 is 11.9 Å². The minimum Gasteiger partial charge on any atom is -0.497 e. The summed E-state index contributed by atoms with van der Waals surface area (Å²) in [6.45, 7) is 6.33. The van der Waals surface area contributed by atoms with Crippen molar-refractivity contribution in [1.29, 1.82) is 0 Å². The maximum absolute atomic E-state index is 12.3. The van der Waals surface area contributed by atoms with Gasteiger partial charge in [0, 0.05) is 12.1 Å². The molecule has 0 saturated carbocycles. The van der Waals surface area contributed by atoms with E-state index in [-0.39, 0.29) is 12.3 Å². The Morgan fingerprint density at radius 2 is 1.96 bits per heavy atom. The second-order valence-electron chi connectivity index (χ2n) is 5.87. The van der Waals surface area contributed by atoms with Crippen LogP contribution >= 0.6 is 0 Å². The average Bonchev–Trinajstić information content (AvgIpc) is 2.45. The number of benzene rings is 1. The molecule has 0 spiro atoms. The fourth-order valence-corrected chi connectivity index (χ4v) is 1.96. The molecule has 0 fully saturated rings. The van der Waals surface area contributed by atoms with Gasteiger partial charge in [-0.15, -0.1) is 0 Å². The average molecular weight is 323 g/mol. The Balaban J connectivity index is 2.86. The van der Waals surface area contributed by atoms with E-state index in [4.69, 9.17) is 14.6 Å². The van der Waals surface area contributed by atoms with E-state index in [1.165, 1.54) is 0 Å². The van der Waals surface area contributed by atoms with Crippen LogP contribution in [0.3, 0.4) is 0 Å². The molecule has 0 radical (unpaired) electrons. The van der Waals surface area contributed by atoms with E-state index >= 15 is 0 Å². The number of ether oxygens (including phenoxy) is 2. The van der Waals surface area contributed by atoms with E-state index in [1.54, 1.807) is 32.2 Å². The van der Waals surface area contributed by atoms with Gasteiger partial charge >= 0.3 is 5.97 Å². The van der Waals surface area contributed by atoms with Crippen molar-refractivity contribution in [3.05, 3.63) is 23.8 Å². The lowest BCUT2D eigenvalue weighted by molar-refractivity contribution is -0.137. The van der Waals surface area contributed by atoms with Gasteiger partial charge in [0.15, 0.2) is 0 Å². The number of carbonyl (C=O) groups is 2. The molecule has 6 heteroatoms. The lowest BCUT2D eigenvalue weighted by atomic mass is 10.1. The number of methoxy groups -OCH3 is 1. The van der Waals surface area contributed by atoms with Crippen LogP contribution in [0.25, 0.3) is 0 Å². The predicted octanol–water partition coefficient (Wildman–Crippen LogP) is 2.71. The number of hydrogen-bond acceptors (Lipinski definition) is 4. The summed E-state index contributed by atoms with van der Waals surface area (Å²) >= 11 is 0. The highest BCUT2D eigenvalue weighted by molar-refractivity contribution is 5.97. The van der Waals surface area contributed by atoms with E-state index < -0.39 is 12.0 Å². The Kier molecular flexibility index (Phi) is 7.38. The van der Waals surface area contributed by atoms with Crippen molar-refractivity contribution in [3.8, 4) is 11.5 Å². The monoisotopic (exact) mass is 323 g/mol. The van der Waals surface area contributed by atoms with Crippen molar-refractivity contribution in [1.82, 2.24) is 5.32 Å². The van der Waals surface area contributed by atoms with E-state index in [2.05, 4.69) is 19.2 Å². The van der Waals surface area contributed by atoms with E-state index in [0.29, 0.717) is 29.6 Å². The highest BCUT2D eigenvalue weighted by Gasteiger charge is 2.17. The molecule has 0 bridgehead atoms. The summed E-state index contributed by atoms with van der Waals surface area (Å²) < 4.78 is 10.9. The maximum Gasteiger partial charge on any atom is 0.305 e. The first-order valence-corrected chi connectivity index (χ1v) is 7.67. The Hall–Kier alpha value is -2.24. The van der Waals surface area contributed by atoms with Crippen LogP contribution in [0.15, 0.2) is 18.2 Å². The predicted molar refractivity (Wildman–Crippen MR) is 87.1 cm³/mol. The Labute approximate surface area is 136 Å². The van der Waals surface area contributed by atoms with Crippen LogP contribution in [-0.2, 0) is 4.79 Å². The van der Waals surface area contributed by atoms with Crippen LogP contribution in [0.4, 0.5) is 0 Å². The quantitative estimate of drug-likeness (QED) is 0.730. The minimum atomic E-state index is -0.957. The van der Waals surface area contributed by atoms with Crippen LogP contribution in [0.5, 0.6) is 11.5 Å². The molecule has 1 aromatic rings. The molecule has 1 rings (SSSR count). The standard InChI is InChI=1S/C17H25NO5/c1-11(2)7-8-23-15-10-13(22-4)5-6-14(15)17(21)18-12(3)9-16(19)20/h5-6,10-12H,7-9H2,1-4H3,(H,18,21)(H,19,20). The van der Waals surface area contributed by atoms with Crippen LogP contribution in [0.1, 0.15) is 44.0 Å². The summed E-state index contributed by atoms with van der Waals surface area (Å²) in [6.07, 6.45) is 0.735. The third-order valence-electron chi connectivity index (χ3n) is 3.24. The first-order chi connectivity index (χ1) is 10.8. The number of rotatable bonds is 9. The van der Waals surface area contributed by atoms with Crippen molar-refractivity contribution < 1.29 is 24.2 Å². The largest absolute Gasteiger partial charge is 0.497 e. The molecule has 0 aliphatic carbocycles. The van der Waals surface area contributed by atoms with Gasteiger partial charge in [0.25, 0.3) is 5.91 Å². The van der Waals surface area contributed by atoms with Crippen LogP contribution in [-0.4, -0.2) is 36.7 Å². The topological polar surface area (TPSA) is 84.9 Å². The Bertz CT molecular complexity index is 542. The summed E-state index contributed by atoms with van der Waals surface area (Å²) in [4.78, 5) is 23.0. The summed E-state index contributed by atoms with van der Waals surface area (Å²) in [5, 5.41) is 11.4. The molecule has 1 unspecified atom stereocenters. The molecular weight excluding hydrogens is 298 g/mol. The smallest absolute Gasteiger partial charge is 0.305 e. The number of carboxylic acids is 1. The lowest BCUT2D eigenvalue weighted by Crippen LogP contribution is -2.34. The fourth-order valence-electron chi connectivity index (χ4n) is 1.96. The molecule has 1 aromatic carbocycles. The molecule has 0 saturated heterocycles. The van der Waals surface area contributed by atoms with Crippen LogP contribution < -0.4 is 14.8 Å². The molecule has 0 aliphatic heterocycles. The molecule has 0 aliphatic rings. The highest BCUT2D eigenvalue weighted by atomic mass is 16.5. The molecule has 23 heavy (non-hydrogen) atoms. The molecule has 2 N–H and O–H groups in total. The van der Waals surface area contributed by atoms with Gasteiger partial charge in [-0.3, -0.25) is 9.59 Å². The van der Waals surface area contributed by atoms with Crippen molar-refractivity contribution in [2.75, 3.05) is 13.7 Å². The summed E-state index contributed by atoms with van der Waals surface area (Å²) in [5.74, 6) is 0.208. The van der Waals surface area contributed by atoms with Crippen molar-refractivity contribution in [2.24, 2.45) is 5.92 Å². The van der Waals surface area contributed by atoms with E-state index in [0.717, 1.165) is 6.42 Å². The van der Waals surface area contributed by atoms with Crippen molar-refractivity contribution in [3.63, 3.8) is 0 Å². The van der Waals surface area contributed by atoms with Gasteiger partial charge in [0.1, 0.15) is 11.5 Å². The minimum absolute atomic E-state index is 0.133. The van der Waals surface area contributed by atoms with Gasteiger partial charge in [-0.2, -0.15) is 0 Å². The molecule has 1 atom stereocenters. The van der Waals surface area contributed by atoms with Crippen LogP contribution in [0.2, 0.25) is 0 Å². The number of carbonyl (C=O) groups excluding carboxylic acids is 1. The zero-order valence-electron chi connectivity index (χ0n) is 14.1. The number of nitrogens with one attached hydrogen (secondary N) is 1. The normalized spacial score (nSPS) is 11.9. The summed E-state index contributed by atoms with van der Waals surface area (Å²) in [6, 6.07) is 4.49. The SMILES string of the molecule is COc1ccc(C(=O)NC(C)CC(=O)O)c(OCCC(C)C)c1. The Morgan fingerprint density at radius 1 is 1.26 bits per heavy atom. The number of aliphatic carboxylic acids is 1. The lowest BCUT2D eigenvalue weighted by Gasteiger charge is -2.16. The van der Waals surface area contributed by atoms with Gasteiger partial charge in [-0.1, -0.05) is 13.8 Å². The first kappa shape index (κ1) is 18.8. The summed E-state index contributed by atoms with van der Waals surface area (Å²) in [5.41, 5.74) is 0.367. The molecular formula is C17H25NO5. The van der Waals surface area contributed by atoms with Gasteiger partial charge in [-0.05, 0) is 31.4 Å². The van der Waals surface area contributed by atoms with Gasteiger partial charge < -0.3 is 19.9 Å². The third-order valence-corrected chi connectivity index (χ3v) is 3.24.